The summed E-state index contributed by atoms with van der Waals surface area (Å²) in [6.45, 7) is 7.85. The van der Waals surface area contributed by atoms with Crippen molar-refractivity contribution >= 4 is 17.2 Å². The molecule has 0 spiro atoms. The van der Waals surface area contributed by atoms with Gasteiger partial charge in [-0.2, -0.15) is 0 Å². The molecule has 2 aromatic rings. The van der Waals surface area contributed by atoms with Crippen LogP contribution in [-0.2, 0) is 0 Å². The molecule has 7 rings (SSSR count). The number of rotatable bonds is 4. The van der Waals surface area contributed by atoms with Crippen molar-refractivity contribution in [3.05, 3.63) is 24.5 Å². The maximum absolute atomic E-state index is 6.46. The SMILES string of the molecule is c1cc(N2CCNCC2)ncc1-c1cnc(OC2C3CC4CC2CN(C4)C3)s1. The second kappa shape index (κ2) is 6.97. The van der Waals surface area contributed by atoms with Crippen molar-refractivity contribution in [2.75, 3.05) is 50.7 Å². The van der Waals surface area contributed by atoms with Crippen LogP contribution in [0, 0.1) is 17.8 Å². The number of anilines is 1. The van der Waals surface area contributed by atoms with Gasteiger partial charge < -0.3 is 19.9 Å². The van der Waals surface area contributed by atoms with Gasteiger partial charge in [-0.05, 0) is 30.9 Å². The highest BCUT2D eigenvalue weighted by molar-refractivity contribution is 7.16. The first-order valence-corrected chi connectivity index (χ1v) is 11.4. The Hall–Kier alpha value is -1.70. The summed E-state index contributed by atoms with van der Waals surface area (Å²) in [6.07, 6.45) is 6.96. The average Bonchev–Trinajstić information content (AvgIpc) is 3.20. The van der Waals surface area contributed by atoms with Gasteiger partial charge in [0.1, 0.15) is 11.9 Å². The first-order valence-electron chi connectivity index (χ1n) is 10.6. The predicted molar refractivity (Wildman–Crippen MR) is 111 cm³/mol. The van der Waals surface area contributed by atoms with E-state index in [0.29, 0.717) is 17.9 Å². The monoisotopic (exact) mass is 397 g/mol. The lowest BCUT2D eigenvalue weighted by molar-refractivity contribution is -0.0985. The number of hydrogen-bond donors (Lipinski definition) is 1. The summed E-state index contributed by atoms with van der Waals surface area (Å²) in [6, 6.07) is 4.30. The van der Waals surface area contributed by atoms with Gasteiger partial charge in [0.25, 0.3) is 5.19 Å². The Kier molecular flexibility index (Phi) is 4.28. The Labute approximate surface area is 169 Å². The Morgan fingerprint density at radius 3 is 2.54 bits per heavy atom. The molecule has 1 N–H and O–H groups in total. The van der Waals surface area contributed by atoms with Crippen LogP contribution in [0.5, 0.6) is 5.19 Å². The second-order valence-corrected chi connectivity index (χ2v) is 9.78. The Balaban J connectivity index is 1.15. The third-order valence-corrected chi connectivity index (χ3v) is 7.84. The van der Waals surface area contributed by atoms with Crippen molar-refractivity contribution in [2.24, 2.45) is 17.8 Å². The molecule has 28 heavy (non-hydrogen) atoms. The maximum atomic E-state index is 6.46. The van der Waals surface area contributed by atoms with Crippen LogP contribution in [0.1, 0.15) is 12.8 Å². The van der Waals surface area contributed by atoms with Crippen molar-refractivity contribution in [3.63, 3.8) is 0 Å². The van der Waals surface area contributed by atoms with E-state index in [1.807, 2.05) is 12.4 Å². The zero-order valence-electron chi connectivity index (χ0n) is 16.1. The lowest BCUT2D eigenvalue weighted by atomic mass is 9.66. The van der Waals surface area contributed by atoms with Crippen LogP contribution >= 0.6 is 11.3 Å². The van der Waals surface area contributed by atoms with Gasteiger partial charge in [-0.25, -0.2) is 9.97 Å². The summed E-state index contributed by atoms with van der Waals surface area (Å²) in [5.74, 6) is 3.36. The van der Waals surface area contributed by atoms with Crippen LogP contribution in [0.15, 0.2) is 24.5 Å². The fraction of sp³-hybridized carbons (Fsp3) is 0.619. The van der Waals surface area contributed by atoms with Crippen LogP contribution in [0.4, 0.5) is 5.82 Å². The van der Waals surface area contributed by atoms with Gasteiger partial charge in [-0.15, -0.1) is 0 Å². The summed E-state index contributed by atoms with van der Waals surface area (Å²) in [4.78, 5) is 15.4. The Morgan fingerprint density at radius 2 is 1.82 bits per heavy atom. The van der Waals surface area contributed by atoms with Crippen molar-refractivity contribution in [1.82, 2.24) is 20.2 Å². The molecule has 0 radical (unpaired) electrons. The van der Waals surface area contributed by atoms with Gasteiger partial charge in [0, 0.05) is 75.6 Å². The number of thiazole rings is 1. The third kappa shape index (κ3) is 3.09. The summed E-state index contributed by atoms with van der Waals surface area (Å²) >= 11 is 1.66. The number of aromatic nitrogens is 2. The molecule has 5 aliphatic rings. The van der Waals surface area contributed by atoms with Crippen LogP contribution in [0.3, 0.4) is 0 Å². The molecule has 2 unspecified atom stereocenters. The summed E-state index contributed by atoms with van der Waals surface area (Å²) in [5, 5.41) is 4.21. The van der Waals surface area contributed by atoms with E-state index in [1.54, 1.807) is 11.3 Å². The van der Waals surface area contributed by atoms with Crippen molar-refractivity contribution in [2.45, 2.75) is 18.9 Å². The van der Waals surface area contributed by atoms with Crippen molar-refractivity contribution < 1.29 is 4.74 Å². The van der Waals surface area contributed by atoms with E-state index in [2.05, 4.69) is 32.2 Å². The summed E-state index contributed by atoms with van der Waals surface area (Å²) in [5.41, 5.74) is 1.13. The number of nitrogens with zero attached hydrogens (tertiary/aromatic N) is 4. The Bertz CT molecular complexity index is 804. The van der Waals surface area contributed by atoms with E-state index in [0.717, 1.165) is 53.5 Å². The zero-order valence-corrected chi connectivity index (χ0v) is 16.9. The molecule has 2 aromatic heterocycles. The highest BCUT2D eigenvalue weighted by Crippen LogP contribution is 2.45. The zero-order chi connectivity index (χ0) is 18.5. The molecule has 1 aliphatic carbocycles. The van der Waals surface area contributed by atoms with Gasteiger partial charge in [-0.3, -0.25) is 0 Å². The first-order chi connectivity index (χ1) is 13.8. The largest absolute Gasteiger partial charge is 0.466 e. The molecule has 4 saturated heterocycles. The molecule has 0 aromatic carbocycles. The van der Waals surface area contributed by atoms with Crippen molar-refractivity contribution in [1.29, 1.82) is 0 Å². The van der Waals surface area contributed by atoms with E-state index in [1.165, 1.54) is 32.5 Å². The number of piperazine rings is 1. The molecule has 4 aliphatic heterocycles. The van der Waals surface area contributed by atoms with Crippen LogP contribution < -0.4 is 15.0 Å². The van der Waals surface area contributed by atoms with E-state index in [4.69, 9.17) is 9.72 Å². The van der Waals surface area contributed by atoms with E-state index >= 15 is 0 Å². The molecule has 1 saturated carbocycles. The van der Waals surface area contributed by atoms with Gasteiger partial charge in [0.2, 0.25) is 0 Å². The van der Waals surface area contributed by atoms with Gasteiger partial charge in [0.05, 0.1) is 4.88 Å². The minimum absolute atomic E-state index is 0.361. The highest BCUT2D eigenvalue weighted by atomic mass is 32.1. The smallest absolute Gasteiger partial charge is 0.274 e. The molecule has 7 heteroatoms. The van der Waals surface area contributed by atoms with E-state index < -0.39 is 0 Å². The fourth-order valence-electron chi connectivity index (χ4n) is 5.73. The quantitative estimate of drug-likeness (QED) is 0.855. The normalized spacial score (nSPS) is 34.0. The van der Waals surface area contributed by atoms with E-state index in [-0.39, 0.29) is 0 Å². The average molecular weight is 398 g/mol. The van der Waals surface area contributed by atoms with Gasteiger partial charge in [0.15, 0.2) is 0 Å². The maximum Gasteiger partial charge on any atom is 0.274 e. The molecular formula is C21H27N5OS. The predicted octanol–water partition coefficient (Wildman–Crippen LogP) is 2.33. The highest BCUT2D eigenvalue weighted by Gasteiger charge is 2.48. The second-order valence-electron chi connectivity index (χ2n) is 8.79. The molecule has 2 atom stereocenters. The lowest BCUT2D eigenvalue weighted by Crippen LogP contribution is -2.61. The molecule has 6 heterocycles. The van der Waals surface area contributed by atoms with E-state index in [9.17, 15) is 0 Å². The van der Waals surface area contributed by atoms with Crippen LogP contribution in [0.2, 0.25) is 0 Å². The van der Waals surface area contributed by atoms with Crippen LogP contribution in [0.25, 0.3) is 10.4 Å². The summed E-state index contributed by atoms with van der Waals surface area (Å²) in [7, 11) is 0. The van der Waals surface area contributed by atoms with Crippen LogP contribution in [-0.4, -0.2) is 66.8 Å². The molecule has 148 valence electrons. The van der Waals surface area contributed by atoms with Crippen molar-refractivity contribution in [3.8, 4) is 15.6 Å². The number of pyridine rings is 1. The standard InChI is InChI=1S/C21H27N5OS/c1-2-19(26-5-3-22-4-6-26)23-9-15(1)18-10-24-21(28-18)27-20-16-7-14-8-17(20)13-25(11-14)12-16/h1-2,9-10,14,16-17,20,22H,3-8,11-13H2. The number of piperidine rings is 3. The fourth-order valence-corrected chi connectivity index (χ4v) is 6.53. The third-order valence-electron chi connectivity index (χ3n) is 6.90. The number of ether oxygens (including phenoxy) is 1. The molecular weight excluding hydrogens is 370 g/mol. The first kappa shape index (κ1) is 17.2. The number of nitrogens with one attached hydrogen (secondary N) is 1. The minimum Gasteiger partial charge on any atom is -0.466 e. The van der Waals surface area contributed by atoms with Gasteiger partial charge >= 0.3 is 0 Å². The summed E-state index contributed by atoms with van der Waals surface area (Å²) < 4.78 is 6.46. The number of hydrogen-bond acceptors (Lipinski definition) is 7. The molecule has 5 fully saturated rings. The molecule has 6 nitrogen and oxygen atoms in total. The topological polar surface area (TPSA) is 53.5 Å². The lowest BCUT2D eigenvalue weighted by Gasteiger charge is -2.55. The minimum atomic E-state index is 0.361. The van der Waals surface area contributed by atoms with Gasteiger partial charge in [-0.1, -0.05) is 11.3 Å². The molecule has 0 amide bonds. The molecule has 4 bridgehead atoms. The Morgan fingerprint density at radius 1 is 1.00 bits per heavy atom.